The average Bonchev–Trinajstić information content (AvgIpc) is 2.46. The predicted molar refractivity (Wildman–Crippen MR) is 78.2 cm³/mol. The van der Waals surface area contributed by atoms with Crippen LogP contribution in [0.25, 0.3) is 0 Å². The van der Waals surface area contributed by atoms with Crippen LogP contribution in [-0.4, -0.2) is 18.1 Å². The molecular weight excluding hydrogens is 257 g/mol. The van der Waals surface area contributed by atoms with E-state index in [4.69, 9.17) is 10.9 Å². The van der Waals surface area contributed by atoms with Gasteiger partial charge in [0.1, 0.15) is 5.82 Å². The van der Waals surface area contributed by atoms with Gasteiger partial charge in [-0.25, -0.2) is 4.39 Å². The SMILES string of the molecule is Cc1ccccc1N(C)c1ccc(F)cc1C(N)=NO. The Kier molecular flexibility index (Phi) is 3.89. The highest BCUT2D eigenvalue weighted by atomic mass is 19.1. The van der Waals surface area contributed by atoms with E-state index in [0.29, 0.717) is 11.3 Å². The van der Waals surface area contributed by atoms with Crippen molar-refractivity contribution in [3.63, 3.8) is 0 Å². The van der Waals surface area contributed by atoms with Gasteiger partial charge in [0, 0.05) is 18.3 Å². The normalized spacial score (nSPS) is 11.4. The molecule has 0 atom stereocenters. The van der Waals surface area contributed by atoms with E-state index in [1.54, 1.807) is 6.07 Å². The van der Waals surface area contributed by atoms with Gasteiger partial charge in [-0.2, -0.15) is 0 Å². The number of nitrogens with zero attached hydrogens (tertiary/aromatic N) is 2. The molecule has 4 nitrogen and oxygen atoms in total. The largest absolute Gasteiger partial charge is 0.409 e. The second-order valence-electron chi connectivity index (χ2n) is 4.49. The third-order valence-corrected chi connectivity index (χ3v) is 3.18. The molecule has 20 heavy (non-hydrogen) atoms. The van der Waals surface area contributed by atoms with Crippen molar-refractivity contribution in [1.82, 2.24) is 0 Å². The molecule has 0 heterocycles. The molecule has 3 N–H and O–H groups in total. The van der Waals surface area contributed by atoms with Crippen LogP contribution in [0.2, 0.25) is 0 Å². The summed E-state index contributed by atoms with van der Waals surface area (Å²) in [5, 5.41) is 11.8. The quantitative estimate of drug-likeness (QED) is 0.391. The van der Waals surface area contributed by atoms with Gasteiger partial charge < -0.3 is 15.8 Å². The Morgan fingerprint density at radius 2 is 1.90 bits per heavy atom. The van der Waals surface area contributed by atoms with Gasteiger partial charge in [-0.3, -0.25) is 0 Å². The molecule has 0 saturated carbocycles. The zero-order valence-corrected chi connectivity index (χ0v) is 11.3. The van der Waals surface area contributed by atoms with Gasteiger partial charge >= 0.3 is 0 Å². The molecule has 0 unspecified atom stereocenters. The summed E-state index contributed by atoms with van der Waals surface area (Å²) in [6, 6.07) is 12.0. The van der Waals surface area contributed by atoms with Crippen LogP contribution in [0.3, 0.4) is 0 Å². The number of amidine groups is 1. The summed E-state index contributed by atoms with van der Waals surface area (Å²) in [6.45, 7) is 1.98. The van der Waals surface area contributed by atoms with Crippen molar-refractivity contribution in [2.75, 3.05) is 11.9 Å². The second-order valence-corrected chi connectivity index (χ2v) is 4.49. The van der Waals surface area contributed by atoms with E-state index in [1.807, 2.05) is 43.1 Å². The number of hydrogen-bond donors (Lipinski definition) is 2. The first kappa shape index (κ1) is 13.9. The molecular formula is C15H16FN3O. The van der Waals surface area contributed by atoms with Gasteiger partial charge in [0.2, 0.25) is 0 Å². The van der Waals surface area contributed by atoms with Gasteiger partial charge in [-0.1, -0.05) is 23.4 Å². The summed E-state index contributed by atoms with van der Waals surface area (Å²) < 4.78 is 13.4. The predicted octanol–water partition coefficient (Wildman–Crippen LogP) is 3.00. The fourth-order valence-corrected chi connectivity index (χ4v) is 2.13. The molecule has 0 saturated heterocycles. The monoisotopic (exact) mass is 273 g/mol. The maximum Gasteiger partial charge on any atom is 0.172 e. The van der Waals surface area contributed by atoms with Crippen LogP contribution in [0.5, 0.6) is 0 Å². The standard InChI is InChI=1S/C15H16FN3O/c1-10-5-3-4-6-13(10)19(2)14-8-7-11(16)9-12(14)15(17)18-20/h3-9,20H,1-2H3,(H2,17,18). The molecule has 104 valence electrons. The maximum absolute atomic E-state index is 13.4. The fourth-order valence-electron chi connectivity index (χ4n) is 2.13. The van der Waals surface area contributed by atoms with E-state index < -0.39 is 5.82 Å². The third kappa shape index (κ3) is 2.56. The van der Waals surface area contributed by atoms with Crippen LogP contribution >= 0.6 is 0 Å². The summed E-state index contributed by atoms with van der Waals surface area (Å²) in [7, 11) is 1.85. The first-order chi connectivity index (χ1) is 9.54. The van der Waals surface area contributed by atoms with Crippen molar-refractivity contribution in [3.8, 4) is 0 Å². The van der Waals surface area contributed by atoms with Crippen LogP contribution < -0.4 is 10.6 Å². The lowest BCUT2D eigenvalue weighted by molar-refractivity contribution is 0.318. The number of benzene rings is 2. The van der Waals surface area contributed by atoms with Gasteiger partial charge in [0.15, 0.2) is 5.84 Å². The Morgan fingerprint density at radius 3 is 2.55 bits per heavy atom. The minimum absolute atomic E-state index is 0.125. The highest BCUT2D eigenvalue weighted by Crippen LogP contribution is 2.29. The first-order valence-corrected chi connectivity index (χ1v) is 6.11. The van der Waals surface area contributed by atoms with Gasteiger partial charge in [-0.15, -0.1) is 0 Å². The lowest BCUT2D eigenvalue weighted by Gasteiger charge is -2.24. The van der Waals surface area contributed by atoms with E-state index in [9.17, 15) is 4.39 Å². The molecule has 0 amide bonds. The molecule has 0 spiro atoms. The maximum atomic E-state index is 13.4. The zero-order chi connectivity index (χ0) is 14.7. The Bertz CT molecular complexity index is 655. The molecule has 0 aromatic heterocycles. The highest BCUT2D eigenvalue weighted by molar-refractivity contribution is 6.03. The van der Waals surface area contributed by atoms with Crippen molar-refractivity contribution in [3.05, 3.63) is 59.4 Å². The van der Waals surface area contributed by atoms with Crippen molar-refractivity contribution in [2.45, 2.75) is 6.92 Å². The van der Waals surface area contributed by atoms with E-state index in [-0.39, 0.29) is 5.84 Å². The second kappa shape index (κ2) is 5.61. The topological polar surface area (TPSA) is 61.8 Å². The molecule has 0 fully saturated rings. The van der Waals surface area contributed by atoms with Crippen molar-refractivity contribution in [2.24, 2.45) is 10.9 Å². The minimum Gasteiger partial charge on any atom is -0.409 e. The highest BCUT2D eigenvalue weighted by Gasteiger charge is 2.14. The average molecular weight is 273 g/mol. The molecule has 2 rings (SSSR count). The number of halogens is 1. The van der Waals surface area contributed by atoms with Crippen LogP contribution in [0.4, 0.5) is 15.8 Å². The van der Waals surface area contributed by atoms with E-state index in [2.05, 4.69) is 5.16 Å². The van der Waals surface area contributed by atoms with Crippen molar-refractivity contribution in [1.29, 1.82) is 0 Å². The van der Waals surface area contributed by atoms with E-state index in [0.717, 1.165) is 11.3 Å². The van der Waals surface area contributed by atoms with Crippen molar-refractivity contribution < 1.29 is 9.60 Å². The number of oxime groups is 1. The van der Waals surface area contributed by atoms with Gasteiger partial charge in [0.05, 0.1) is 5.69 Å². The van der Waals surface area contributed by atoms with Crippen LogP contribution in [0.1, 0.15) is 11.1 Å². The number of nitrogens with two attached hydrogens (primary N) is 1. The summed E-state index contributed by atoms with van der Waals surface area (Å²) in [5.41, 5.74) is 8.67. The lowest BCUT2D eigenvalue weighted by atomic mass is 10.1. The summed E-state index contributed by atoms with van der Waals surface area (Å²) in [5.74, 6) is -0.562. The molecule has 0 bridgehead atoms. The molecule has 2 aromatic rings. The number of rotatable bonds is 3. The van der Waals surface area contributed by atoms with Gasteiger partial charge in [0.25, 0.3) is 0 Å². The molecule has 0 aliphatic carbocycles. The number of aryl methyl sites for hydroxylation is 1. The zero-order valence-electron chi connectivity index (χ0n) is 11.3. The smallest absolute Gasteiger partial charge is 0.172 e. The van der Waals surface area contributed by atoms with Crippen LogP contribution in [0, 0.1) is 12.7 Å². The molecule has 0 radical (unpaired) electrons. The number of para-hydroxylation sites is 1. The fraction of sp³-hybridized carbons (Fsp3) is 0.133. The van der Waals surface area contributed by atoms with E-state index in [1.165, 1.54) is 12.1 Å². The van der Waals surface area contributed by atoms with Crippen molar-refractivity contribution >= 4 is 17.2 Å². The Hall–Kier alpha value is -2.56. The van der Waals surface area contributed by atoms with Crippen LogP contribution in [-0.2, 0) is 0 Å². The number of anilines is 2. The third-order valence-electron chi connectivity index (χ3n) is 3.18. The lowest BCUT2D eigenvalue weighted by Crippen LogP contribution is -2.20. The summed E-state index contributed by atoms with van der Waals surface area (Å²) in [6.07, 6.45) is 0. The number of hydrogen-bond acceptors (Lipinski definition) is 3. The summed E-state index contributed by atoms with van der Waals surface area (Å²) >= 11 is 0. The Labute approximate surface area is 116 Å². The summed E-state index contributed by atoms with van der Waals surface area (Å²) in [4.78, 5) is 1.88. The van der Waals surface area contributed by atoms with Crippen LogP contribution in [0.15, 0.2) is 47.6 Å². The van der Waals surface area contributed by atoms with Gasteiger partial charge in [-0.05, 0) is 36.8 Å². The molecule has 2 aromatic carbocycles. The molecule has 0 aliphatic heterocycles. The Balaban J connectivity index is 2.55. The molecule has 0 aliphatic rings. The first-order valence-electron chi connectivity index (χ1n) is 6.11. The molecule has 5 heteroatoms. The van der Waals surface area contributed by atoms with E-state index >= 15 is 0 Å². The minimum atomic E-state index is -0.437. The Morgan fingerprint density at radius 1 is 1.20 bits per heavy atom.